The molecule has 0 aliphatic rings. The second kappa shape index (κ2) is 4.85. The molecular formula is C14H11Cl2N3. The highest BCUT2D eigenvalue weighted by Crippen LogP contribution is 2.32. The summed E-state index contributed by atoms with van der Waals surface area (Å²) in [5.41, 5.74) is 9.13. The van der Waals surface area contributed by atoms with E-state index in [0.29, 0.717) is 16.6 Å². The van der Waals surface area contributed by atoms with Gasteiger partial charge in [-0.15, -0.1) is 0 Å². The summed E-state index contributed by atoms with van der Waals surface area (Å²) in [5.74, 6) is 0. The SMILES string of the molecule is NCc1ccn2cc(-c3cccc(Cl)c3Cl)nc2c1. The van der Waals surface area contributed by atoms with Crippen LogP contribution in [-0.4, -0.2) is 9.38 Å². The number of imidazole rings is 1. The number of halogens is 2. The number of rotatable bonds is 2. The molecule has 0 atom stereocenters. The summed E-state index contributed by atoms with van der Waals surface area (Å²) in [4.78, 5) is 4.56. The Kier molecular flexibility index (Phi) is 3.19. The van der Waals surface area contributed by atoms with Crippen LogP contribution in [0.15, 0.2) is 42.7 Å². The minimum Gasteiger partial charge on any atom is -0.326 e. The number of fused-ring (bicyclic) bond motifs is 1. The fourth-order valence-electron chi connectivity index (χ4n) is 1.98. The topological polar surface area (TPSA) is 43.3 Å². The zero-order chi connectivity index (χ0) is 13.4. The monoisotopic (exact) mass is 291 g/mol. The molecule has 5 heteroatoms. The van der Waals surface area contributed by atoms with Crippen molar-refractivity contribution in [3.05, 3.63) is 58.3 Å². The first kappa shape index (κ1) is 12.5. The second-order valence-corrected chi connectivity index (χ2v) is 5.02. The summed E-state index contributed by atoms with van der Waals surface area (Å²) >= 11 is 12.2. The van der Waals surface area contributed by atoms with E-state index >= 15 is 0 Å². The molecule has 1 aromatic carbocycles. The lowest BCUT2D eigenvalue weighted by Gasteiger charge is -2.01. The first-order valence-corrected chi connectivity index (χ1v) is 6.56. The van der Waals surface area contributed by atoms with E-state index in [4.69, 9.17) is 28.9 Å². The third kappa shape index (κ3) is 2.21. The molecule has 0 amide bonds. The van der Waals surface area contributed by atoms with Gasteiger partial charge >= 0.3 is 0 Å². The lowest BCUT2D eigenvalue weighted by Crippen LogP contribution is -1.96. The minimum atomic E-state index is 0.497. The summed E-state index contributed by atoms with van der Waals surface area (Å²) in [5, 5.41) is 1.05. The predicted octanol–water partition coefficient (Wildman–Crippen LogP) is 3.77. The van der Waals surface area contributed by atoms with Gasteiger partial charge in [0.2, 0.25) is 0 Å². The first-order valence-electron chi connectivity index (χ1n) is 5.81. The Morgan fingerprint density at radius 1 is 1.21 bits per heavy atom. The van der Waals surface area contributed by atoms with Crippen LogP contribution in [0.3, 0.4) is 0 Å². The molecule has 0 saturated carbocycles. The van der Waals surface area contributed by atoms with Crippen LogP contribution in [0.25, 0.3) is 16.9 Å². The molecule has 2 N–H and O–H groups in total. The highest BCUT2D eigenvalue weighted by atomic mass is 35.5. The number of hydrogen-bond acceptors (Lipinski definition) is 2. The van der Waals surface area contributed by atoms with E-state index < -0.39 is 0 Å². The van der Waals surface area contributed by atoms with Gasteiger partial charge in [0, 0.05) is 24.5 Å². The number of aromatic nitrogens is 2. The van der Waals surface area contributed by atoms with E-state index in [9.17, 15) is 0 Å². The van der Waals surface area contributed by atoms with Crippen LogP contribution in [0, 0.1) is 0 Å². The van der Waals surface area contributed by atoms with Gasteiger partial charge in [0.25, 0.3) is 0 Å². The van der Waals surface area contributed by atoms with Gasteiger partial charge in [-0.3, -0.25) is 0 Å². The zero-order valence-electron chi connectivity index (χ0n) is 9.98. The summed E-state index contributed by atoms with van der Waals surface area (Å²) < 4.78 is 1.94. The molecular weight excluding hydrogens is 281 g/mol. The number of nitrogens with zero attached hydrogens (tertiary/aromatic N) is 2. The molecule has 0 saturated heterocycles. The number of nitrogens with two attached hydrogens (primary N) is 1. The van der Waals surface area contributed by atoms with Gasteiger partial charge in [-0.1, -0.05) is 35.3 Å². The second-order valence-electron chi connectivity index (χ2n) is 4.23. The fraction of sp³-hybridized carbons (Fsp3) is 0.0714. The Bertz CT molecular complexity index is 750. The Morgan fingerprint density at radius 3 is 2.84 bits per heavy atom. The normalized spacial score (nSPS) is 11.1. The number of benzene rings is 1. The highest BCUT2D eigenvalue weighted by Gasteiger charge is 2.10. The van der Waals surface area contributed by atoms with E-state index in [1.165, 1.54) is 0 Å². The summed E-state index contributed by atoms with van der Waals surface area (Å²) in [6, 6.07) is 9.45. The third-order valence-electron chi connectivity index (χ3n) is 2.99. The van der Waals surface area contributed by atoms with Crippen LogP contribution >= 0.6 is 23.2 Å². The number of hydrogen-bond donors (Lipinski definition) is 1. The largest absolute Gasteiger partial charge is 0.326 e. The van der Waals surface area contributed by atoms with Gasteiger partial charge in [-0.05, 0) is 23.8 Å². The molecule has 0 bridgehead atoms. The Hall–Kier alpha value is -1.55. The molecule has 3 nitrogen and oxygen atoms in total. The fourth-order valence-corrected chi connectivity index (χ4v) is 2.38. The maximum absolute atomic E-state index is 6.21. The van der Waals surface area contributed by atoms with Crippen LogP contribution in [-0.2, 0) is 6.54 Å². The first-order chi connectivity index (χ1) is 9.19. The van der Waals surface area contributed by atoms with Gasteiger partial charge in [-0.2, -0.15) is 0 Å². The molecule has 0 aliphatic heterocycles. The molecule has 2 heterocycles. The Morgan fingerprint density at radius 2 is 2.05 bits per heavy atom. The van der Waals surface area contributed by atoms with Crippen molar-refractivity contribution in [3.63, 3.8) is 0 Å². The van der Waals surface area contributed by atoms with E-state index in [1.54, 1.807) is 6.07 Å². The lowest BCUT2D eigenvalue weighted by atomic mass is 10.2. The van der Waals surface area contributed by atoms with Crippen molar-refractivity contribution in [3.8, 4) is 11.3 Å². The molecule has 0 fully saturated rings. The van der Waals surface area contributed by atoms with E-state index in [1.807, 2.05) is 41.1 Å². The van der Waals surface area contributed by atoms with Crippen molar-refractivity contribution in [1.29, 1.82) is 0 Å². The Balaban J connectivity index is 2.18. The molecule has 3 aromatic rings. The van der Waals surface area contributed by atoms with E-state index in [0.717, 1.165) is 22.5 Å². The van der Waals surface area contributed by atoms with Gasteiger partial charge in [-0.25, -0.2) is 4.98 Å². The lowest BCUT2D eigenvalue weighted by molar-refractivity contribution is 1.05. The summed E-state index contributed by atoms with van der Waals surface area (Å²) in [7, 11) is 0. The molecule has 2 aromatic heterocycles. The third-order valence-corrected chi connectivity index (χ3v) is 3.81. The molecule has 0 unspecified atom stereocenters. The average Bonchev–Trinajstić information content (AvgIpc) is 2.84. The molecule has 3 rings (SSSR count). The smallest absolute Gasteiger partial charge is 0.137 e. The van der Waals surface area contributed by atoms with Gasteiger partial charge in [0.1, 0.15) is 5.65 Å². The summed E-state index contributed by atoms with van der Waals surface area (Å²) in [6.45, 7) is 0.497. The van der Waals surface area contributed by atoms with Crippen LogP contribution in [0.4, 0.5) is 0 Å². The predicted molar refractivity (Wildman–Crippen MR) is 78.5 cm³/mol. The van der Waals surface area contributed by atoms with Gasteiger partial charge in [0.05, 0.1) is 15.7 Å². The molecule has 96 valence electrons. The standard InChI is InChI=1S/C14H11Cl2N3/c15-11-3-1-2-10(14(11)16)12-8-19-5-4-9(7-17)6-13(19)18-12/h1-6,8H,7,17H2. The van der Waals surface area contributed by atoms with E-state index in [-0.39, 0.29) is 0 Å². The molecule has 19 heavy (non-hydrogen) atoms. The van der Waals surface area contributed by atoms with Crippen molar-refractivity contribution in [2.45, 2.75) is 6.54 Å². The van der Waals surface area contributed by atoms with Crippen LogP contribution < -0.4 is 5.73 Å². The van der Waals surface area contributed by atoms with Crippen molar-refractivity contribution in [2.75, 3.05) is 0 Å². The van der Waals surface area contributed by atoms with Gasteiger partial charge < -0.3 is 10.1 Å². The van der Waals surface area contributed by atoms with Crippen molar-refractivity contribution in [2.24, 2.45) is 5.73 Å². The number of pyridine rings is 1. The van der Waals surface area contributed by atoms with Crippen LogP contribution in [0.2, 0.25) is 10.0 Å². The van der Waals surface area contributed by atoms with Crippen molar-refractivity contribution in [1.82, 2.24) is 9.38 Å². The minimum absolute atomic E-state index is 0.497. The van der Waals surface area contributed by atoms with Crippen LogP contribution in [0.1, 0.15) is 5.56 Å². The molecule has 0 radical (unpaired) electrons. The average molecular weight is 292 g/mol. The molecule has 0 aliphatic carbocycles. The maximum atomic E-state index is 6.21. The zero-order valence-corrected chi connectivity index (χ0v) is 11.5. The Labute approximate surface area is 120 Å². The van der Waals surface area contributed by atoms with E-state index in [2.05, 4.69) is 4.98 Å². The molecule has 0 spiro atoms. The maximum Gasteiger partial charge on any atom is 0.137 e. The van der Waals surface area contributed by atoms with Crippen molar-refractivity contribution < 1.29 is 0 Å². The summed E-state index contributed by atoms with van der Waals surface area (Å²) in [6.07, 6.45) is 3.86. The van der Waals surface area contributed by atoms with Crippen LogP contribution in [0.5, 0.6) is 0 Å². The quantitative estimate of drug-likeness (QED) is 0.781. The highest BCUT2D eigenvalue weighted by molar-refractivity contribution is 6.43. The van der Waals surface area contributed by atoms with Gasteiger partial charge in [0.15, 0.2) is 0 Å². The van der Waals surface area contributed by atoms with Crippen molar-refractivity contribution >= 4 is 28.8 Å².